The zero-order valence-electron chi connectivity index (χ0n) is 10.3. The van der Waals surface area contributed by atoms with Crippen LogP contribution in [0.1, 0.15) is 0 Å². The number of aromatic amines is 3. The molecular weight excluding hydrogens is 331 g/mol. The highest BCUT2D eigenvalue weighted by molar-refractivity contribution is 7.80. The zero-order chi connectivity index (χ0) is 14.8. The van der Waals surface area contributed by atoms with Crippen LogP contribution in [0.5, 0.6) is 12.0 Å². The molecule has 3 N–H and O–H groups in total. The van der Waals surface area contributed by atoms with Crippen molar-refractivity contribution in [2.75, 3.05) is 0 Å². The first-order chi connectivity index (χ1) is 10.1. The van der Waals surface area contributed by atoms with Gasteiger partial charge >= 0.3 is 7.12 Å². The van der Waals surface area contributed by atoms with Gasteiger partial charge in [0.1, 0.15) is 0 Å². The van der Waals surface area contributed by atoms with Crippen molar-refractivity contribution < 1.29 is 9.31 Å². The molecule has 0 saturated heterocycles. The molecule has 3 aromatic rings. The average molecular weight is 340 g/mol. The topological polar surface area (TPSA) is 104 Å². The molecule has 0 fully saturated rings. The number of nitrogens with zero attached hydrogens (tertiary/aromatic N) is 3. The molecular formula is C9H9BN6O2S3. The first-order valence-corrected chi connectivity index (χ1v) is 6.99. The first kappa shape index (κ1) is 14.3. The van der Waals surface area contributed by atoms with Crippen LogP contribution in [-0.4, -0.2) is 37.0 Å². The van der Waals surface area contributed by atoms with Crippen LogP contribution in [-0.2, 0) is 0 Å². The summed E-state index contributed by atoms with van der Waals surface area (Å²) in [6.45, 7) is 0. The van der Waals surface area contributed by atoms with Gasteiger partial charge in [0.2, 0.25) is 0 Å². The van der Waals surface area contributed by atoms with E-state index in [0.717, 1.165) is 0 Å². The summed E-state index contributed by atoms with van der Waals surface area (Å²) in [4.78, 5) is 20.7. The van der Waals surface area contributed by atoms with E-state index in [0.29, 0.717) is 20.8 Å². The predicted molar refractivity (Wildman–Crippen MR) is 84.2 cm³/mol. The lowest BCUT2D eigenvalue weighted by molar-refractivity contribution is 0.401. The van der Waals surface area contributed by atoms with Crippen LogP contribution in [0.2, 0.25) is 0 Å². The number of thiol groups is 3. The SMILES string of the molecule is Sc1cnc(OB(Oc2ncc(S)[nH]2)c2ncc(S)[nH]2)[nH]1. The number of nitrogens with one attached hydrogen (secondary N) is 3. The minimum Gasteiger partial charge on any atom is -0.492 e. The molecule has 0 radical (unpaired) electrons. The minimum atomic E-state index is -0.899. The average Bonchev–Trinajstić information content (AvgIpc) is 3.12. The predicted octanol–water partition coefficient (Wildman–Crippen LogP) is 0.575. The monoisotopic (exact) mass is 340 g/mol. The maximum Gasteiger partial charge on any atom is 0.674 e. The minimum absolute atomic E-state index is 0.236. The number of hydrogen-bond donors (Lipinski definition) is 6. The Balaban J connectivity index is 1.83. The van der Waals surface area contributed by atoms with E-state index in [9.17, 15) is 0 Å². The third-order valence-electron chi connectivity index (χ3n) is 2.32. The van der Waals surface area contributed by atoms with Crippen molar-refractivity contribution in [1.82, 2.24) is 29.9 Å². The Bertz CT molecular complexity index is 701. The van der Waals surface area contributed by atoms with Gasteiger partial charge in [-0.05, 0) is 0 Å². The summed E-state index contributed by atoms with van der Waals surface area (Å²) in [5.41, 5.74) is 0.411. The fourth-order valence-electron chi connectivity index (χ4n) is 1.49. The molecule has 0 unspecified atom stereocenters. The van der Waals surface area contributed by atoms with Gasteiger partial charge in [-0.2, -0.15) is 0 Å². The van der Waals surface area contributed by atoms with Crippen molar-refractivity contribution >= 4 is 50.7 Å². The van der Waals surface area contributed by atoms with Gasteiger partial charge in [-0.25, -0.2) is 15.0 Å². The number of H-pyrrole nitrogens is 3. The highest BCUT2D eigenvalue weighted by atomic mass is 32.1. The fraction of sp³-hybridized carbons (Fsp3) is 0. The van der Waals surface area contributed by atoms with E-state index >= 15 is 0 Å². The largest absolute Gasteiger partial charge is 0.674 e. The smallest absolute Gasteiger partial charge is 0.492 e. The van der Waals surface area contributed by atoms with Crippen LogP contribution in [0.4, 0.5) is 0 Å². The summed E-state index contributed by atoms with van der Waals surface area (Å²) in [5.74, 6) is 0. The summed E-state index contributed by atoms with van der Waals surface area (Å²) in [5, 5.41) is 1.70. The van der Waals surface area contributed by atoms with Gasteiger partial charge in [-0.3, -0.25) is 0 Å². The van der Waals surface area contributed by atoms with Gasteiger partial charge in [-0.1, -0.05) is 0 Å². The van der Waals surface area contributed by atoms with Crippen molar-refractivity contribution in [2.45, 2.75) is 15.1 Å². The second-order valence-corrected chi connectivity index (χ2v) is 5.31. The quantitative estimate of drug-likeness (QED) is 0.301. The number of aromatic nitrogens is 6. The second-order valence-electron chi connectivity index (χ2n) is 3.87. The molecule has 3 aromatic heterocycles. The van der Waals surface area contributed by atoms with E-state index in [1.807, 2.05) is 0 Å². The van der Waals surface area contributed by atoms with Crippen molar-refractivity contribution in [3.63, 3.8) is 0 Å². The van der Waals surface area contributed by atoms with Crippen molar-refractivity contribution in [1.29, 1.82) is 0 Å². The van der Waals surface area contributed by atoms with Gasteiger partial charge < -0.3 is 24.3 Å². The third kappa shape index (κ3) is 3.51. The van der Waals surface area contributed by atoms with E-state index in [4.69, 9.17) is 9.31 Å². The molecule has 0 saturated carbocycles. The summed E-state index contributed by atoms with van der Waals surface area (Å²) in [6, 6.07) is 0.472. The molecule has 0 atom stereocenters. The molecule has 21 heavy (non-hydrogen) atoms. The molecule has 0 aliphatic carbocycles. The first-order valence-electron chi connectivity index (χ1n) is 5.65. The normalized spacial score (nSPS) is 10.6. The lowest BCUT2D eigenvalue weighted by Crippen LogP contribution is -2.45. The molecule has 0 bridgehead atoms. The molecule has 0 aromatic carbocycles. The van der Waals surface area contributed by atoms with Crippen LogP contribution in [0, 0.1) is 0 Å². The summed E-state index contributed by atoms with van der Waals surface area (Å²) >= 11 is 12.4. The van der Waals surface area contributed by atoms with E-state index in [-0.39, 0.29) is 12.0 Å². The van der Waals surface area contributed by atoms with Crippen LogP contribution in [0.3, 0.4) is 0 Å². The van der Waals surface area contributed by atoms with Gasteiger partial charge in [0.05, 0.1) is 33.7 Å². The molecule has 3 rings (SSSR count). The summed E-state index contributed by atoms with van der Waals surface area (Å²) < 4.78 is 11.2. The Labute approximate surface area is 135 Å². The second kappa shape index (κ2) is 5.99. The summed E-state index contributed by atoms with van der Waals surface area (Å²) in [7, 11) is -0.899. The number of imidazole rings is 3. The van der Waals surface area contributed by atoms with Crippen LogP contribution < -0.4 is 15.0 Å². The number of rotatable bonds is 5. The van der Waals surface area contributed by atoms with E-state index in [2.05, 4.69) is 67.8 Å². The highest BCUT2D eigenvalue weighted by Crippen LogP contribution is 2.12. The maximum absolute atomic E-state index is 5.60. The van der Waals surface area contributed by atoms with Gasteiger partial charge in [-0.15, -0.1) is 37.9 Å². The molecule has 0 spiro atoms. The van der Waals surface area contributed by atoms with Crippen molar-refractivity contribution in [3.05, 3.63) is 18.6 Å². The lowest BCUT2D eigenvalue weighted by atomic mass is 9.89. The van der Waals surface area contributed by atoms with Crippen molar-refractivity contribution in [3.8, 4) is 12.0 Å². The standard InChI is InChI=1S/C9H9BN6O2S3/c19-4-1-11-7(14-4)10(17-8-12-2-5(20)15-8)18-9-13-3-6(21)16-9/h1-3,19-21H,(H,11,14)(H,12,15)(H,13,16). The fourth-order valence-corrected chi connectivity index (χ4v) is 1.97. The van der Waals surface area contributed by atoms with E-state index in [1.54, 1.807) is 0 Å². The molecule has 0 aliphatic heterocycles. The Morgan fingerprint density at radius 1 is 0.762 bits per heavy atom. The van der Waals surface area contributed by atoms with Gasteiger partial charge in [0.15, 0.2) is 5.72 Å². The Morgan fingerprint density at radius 3 is 1.62 bits per heavy atom. The van der Waals surface area contributed by atoms with E-state index in [1.165, 1.54) is 18.6 Å². The lowest BCUT2D eigenvalue weighted by Gasteiger charge is -2.10. The molecule has 12 heteroatoms. The van der Waals surface area contributed by atoms with E-state index < -0.39 is 7.12 Å². The van der Waals surface area contributed by atoms with Crippen LogP contribution >= 0.6 is 37.9 Å². The Kier molecular flexibility index (Phi) is 4.08. The Hall–Kier alpha value is -1.66. The van der Waals surface area contributed by atoms with Crippen LogP contribution in [0.25, 0.3) is 0 Å². The molecule has 108 valence electrons. The van der Waals surface area contributed by atoms with Crippen molar-refractivity contribution in [2.24, 2.45) is 0 Å². The van der Waals surface area contributed by atoms with Gasteiger partial charge in [0, 0.05) is 0 Å². The molecule has 3 heterocycles. The Morgan fingerprint density at radius 2 is 1.24 bits per heavy atom. The summed E-state index contributed by atoms with van der Waals surface area (Å²) in [6.07, 6.45) is 4.57. The van der Waals surface area contributed by atoms with Crippen LogP contribution in [0.15, 0.2) is 33.7 Å². The number of hydrogen-bond acceptors (Lipinski definition) is 8. The zero-order valence-corrected chi connectivity index (χ0v) is 13.0. The highest BCUT2D eigenvalue weighted by Gasteiger charge is 2.32. The molecule has 0 amide bonds. The third-order valence-corrected chi connectivity index (χ3v) is 3.00. The van der Waals surface area contributed by atoms with Gasteiger partial charge in [0.25, 0.3) is 12.0 Å². The molecule has 8 nitrogen and oxygen atoms in total. The molecule has 0 aliphatic rings. The maximum atomic E-state index is 5.60.